The Kier molecular flexibility index (Phi) is 3.58. The van der Waals surface area contributed by atoms with E-state index in [-0.39, 0.29) is 23.2 Å². The molecule has 8 heteroatoms. The van der Waals surface area contributed by atoms with Crippen LogP contribution in [0.3, 0.4) is 0 Å². The number of thiophene rings is 1. The molecule has 0 saturated heterocycles. The van der Waals surface area contributed by atoms with E-state index in [1.165, 1.54) is 6.33 Å². The molecule has 0 atom stereocenters. The summed E-state index contributed by atoms with van der Waals surface area (Å²) in [7, 11) is 0. The Morgan fingerprint density at radius 1 is 1.19 bits per heavy atom. The van der Waals surface area contributed by atoms with Crippen molar-refractivity contribution in [1.29, 1.82) is 0 Å². The Morgan fingerprint density at radius 2 is 2.11 bits per heavy atom. The molecule has 2 N–H and O–H groups in total. The van der Waals surface area contributed by atoms with Crippen molar-refractivity contribution in [2.75, 3.05) is 23.8 Å². The number of benzene rings is 1. The van der Waals surface area contributed by atoms with Gasteiger partial charge in [-0.15, -0.1) is 11.3 Å². The molecule has 0 bridgehead atoms. The van der Waals surface area contributed by atoms with Gasteiger partial charge in [0.05, 0.1) is 17.1 Å². The Hall–Kier alpha value is -3.39. The maximum atomic E-state index is 13.1. The minimum absolute atomic E-state index is 0.127. The number of carbonyl (C=O) groups is 1. The largest absolute Gasteiger partial charge is 0.475 e. The van der Waals surface area contributed by atoms with E-state index in [0.717, 1.165) is 21.6 Å². The van der Waals surface area contributed by atoms with Crippen molar-refractivity contribution < 1.29 is 9.53 Å². The summed E-state index contributed by atoms with van der Waals surface area (Å²) in [6, 6.07) is 12.1. The number of rotatable bonds is 2. The minimum atomic E-state index is -0.252. The fraction of sp³-hybridized carbons (Fsp3) is 0.105. The van der Waals surface area contributed by atoms with E-state index in [1.54, 1.807) is 16.2 Å². The molecule has 0 unspecified atom stereocenters. The molecule has 0 radical (unpaired) electrons. The van der Waals surface area contributed by atoms with Crippen molar-refractivity contribution in [3.8, 4) is 10.9 Å². The van der Waals surface area contributed by atoms with Crippen LogP contribution in [0.2, 0.25) is 0 Å². The highest BCUT2D eigenvalue weighted by atomic mass is 32.1. The molecule has 4 aromatic rings. The molecule has 134 valence electrons. The van der Waals surface area contributed by atoms with Crippen LogP contribution < -0.4 is 15.4 Å². The highest BCUT2D eigenvalue weighted by molar-refractivity contribution is 7.12. The predicted octanol–water partition coefficient (Wildman–Crippen LogP) is 3.10. The van der Waals surface area contributed by atoms with E-state index >= 15 is 0 Å². The van der Waals surface area contributed by atoms with Gasteiger partial charge in [0.1, 0.15) is 24.3 Å². The monoisotopic (exact) mass is 377 g/mol. The second kappa shape index (κ2) is 6.10. The molecule has 1 aliphatic heterocycles. The van der Waals surface area contributed by atoms with Crippen LogP contribution in [0.4, 0.5) is 11.5 Å². The van der Waals surface area contributed by atoms with E-state index in [4.69, 9.17) is 10.5 Å². The van der Waals surface area contributed by atoms with Gasteiger partial charge in [0.2, 0.25) is 5.88 Å². The van der Waals surface area contributed by atoms with Gasteiger partial charge in [-0.05, 0) is 41.8 Å². The van der Waals surface area contributed by atoms with Crippen LogP contribution in [0, 0.1) is 0 Å². The van der Waals surface area contributed by atoms with E-state index in [0.29, 0.717) is 13.2 Å². The Balaban J connectivity index is 1.57. The first kappa shape index (κ1) is 15.8. The smallest absolute Gasteiger partial charge is 0.267 e. The first-order valence-corrected chi connectivity index (χ1v) is 9.30. The van der Waals surface area contributed by atoms with Gasteiger partial charge in [0, 0.05) is 17.3 Å². The summed E-state index contributed by atoms with van der Waals surface area (Å²) >= 11 is 1.68. The lowest BCUT2D eigenvalue weighted by molar-refractivity contribution is 0.0990. The Labute approximate surface area is 158 Å². The van der Waals surface area contributed by atoms with Gasteiger partial charge in [0.25, 0.3) is 5.91 Å². The zero-order chi connectivity index (χ0) is 18.4. The SMILES string of the molecule is Nc1ncnc2c1C(=O)N(c1ccc3c(ccn3-c3cccs3)c1)CCO2. The van der Waals surface area contributed by atoms with Crippen LogP contribution in [-0.2, 0) is 0 Å². The number of carbonyl (C=O) groups excluding carboxylic acids is 1. The number of amides is 1. The first-order valence-electron chi connectivity index (χ1n) is 8.42. The zero-order valence-corrected chi connectivity index (χ0v) is 15.0. The lowest BCUT2D eigenvalue weighted by Crippen LogP contribution is -2.32. The third-order valence-corrected chi connectivity index (χ3v) is 5.45. The predicted molar refractivity (Wildman–Crippen MR) is 105 cm³/mol. The van der Waals surface area contributed by atoms with Crippen LogP contribution in [-0.4, -0.2) is 33.6 Å². The number of nitrogens with two attached hydrogens (primary N) is 1. The summed E-state index contributed by atoms with van der Waals surface area (Å²) in [5.41, 5.74) is 8.00. The van der Waals surface area contributed by atoms with Crippen LogP contribution >= 0.6 is 11.3 Å². The molecule has 1 aliphatic rings. The molecule has 4 heterocycles. The maximum Gasteiger partial charge on any atom is 0.267 e. The van der Waals surface area contributed by atoms with Gasteiger partial charge in [-0.2, -0.15) is 0 Å². The van der Waals surface area contributed by atoms with Gasteiger partial charge < -0.3 is 19.9 Å². The average molecular weight is 377 g/mol. The Bertz CT molecular complexity index is 1150. The molecule has 5 rings (SSSR count). The van der Waals surface area contributed by atoms with E-state index in [9.17, 15) is 4.79 Å². The quantitative estimate of drug-likeness (QED) is 0.580. The first-order chi connectivity index (χ1) is 13.2. The summed E-state index contributed by atoms with van der Waals surface area (Å²) in [6.07, 6.45) is 3.34. The molecule has 1 aromatic carbocycles. The van der Waals surface area contributed by atoms with Crippen LogP contribution in [0.25, 0.3) is 15.9 Å². The van der Waals surface area contributed by atoms with Gasteiger partial charge in [-0.1, -0.05) is 0 Å². The van der Waals surface area contributed by atoms with Crippen molar-refractivity contribution in [3.63, 3.8) is 0 Å². The molecule has 3 aromatic heterocycles. The highest BCUT2D eigenvalue weighted by Gasteiger charge is 2.28. The minimum Gasteiger partial charge on any atom is -0.475 e. The molecule has 0 spiro atoms. The number of hydrogen-bond donors (Lipinski definition) is 1. The lowest BCUT2D eigenvalue weighted by atomic mass is 10.2. The number of fused-ring (bicyclic) bond motifs is 2. The lowest BCUT2D eigenvalue weighted by Gasteiger charge is -2.20. The van der Waals surface area contributed by atoms with Crippen LogP contribution in [0.1, 0.15) is 10.4 Å². The van der Waals surface area contributed by atoms with Crippen molar-refractivity contribution in [3.05, 3.63) is 59.9 Å². The second-order valence-corrected chi connectivity index (χ2v) is 7.05. The van der Waals surface area contributed by atoms with Crippen LogP contribution in [0.5, 0.6) is 5.88 Å². The van der Waals surface area contributed by atoms with Gasteiger partial charge in [-0.3, -0.25) is 4.79 Å². The number of aromatic nitrogens is 3. The van der Waals surface area contributed by atoms with Crippen molar-refractivity contribution in [2.24, 2.45) is 0 Å². The van der Waals surface area contributed by atoms with Gasteiger partial charge in [-0.25, -0.2) is 9.97 Å². The highest BCUT2D eigenvalue weighted by Crippen LogP contribution is 2.31. The number of anilines is 2. The normalized spacial score (nSPS) is 14.1. The van der Waals surface area contributed by atoms with Crippen molar-refractivity contribution in [1.82, 2.24) is 14.5 Å². The van der Waals surface area contributed by atoms with Crippen molar-refractivity contribution in [2.45, 2.75) is 0 Å². The molecule has 7 nitrogen and oxygen atoms in total. The number of nitrogens with zero attached hydrogens (tertiary/aromatic N) is 4. The molecule has 0 saturated carbocycles. The van der Waals surface area contributed by atoms with Gasteiger partial charge >= 0.3 is 0 Å². The molecule has 0 aliphatic carbocycles. The number of hydrogen-bond acceptors (Lipinski definition) is 6. The Morgan fingerprint density at radius 3 is 2.96 bits per heavy atom. The van der Waals surface area contributed by atoms with Gasteiger partial charge in [0.15, 0.2) is 0 Å². The molecule has 27 heavy (non-hydrogen) atoms. The topological polar surface area (TPSA) is 86.3 Å². The molecule has 0 fully saturated rings. The van der Waals surface area contributed by atoms with Crippen molar-refractivity contribution >= 4 is 39.7 Å². The zero-order valence-electron chi connectivity index (χ0n) is 14.2. The van der Waals surface area contributed by atoms with Crippen LogP contribution in [0.15, 0.2) is 54.3 Å². The van der Waals surface area contributed by atoms with E-state index in [1.807, 2.05) is 36.5 Å². The molecular formula is C19H15N5O2S. The molecule has 1 amide bonds. The summed E-state index contributed by atoms with van der Waals surface area (Å²) in [4.78, 5) is 22.7. The third-order valence-electron chi connectivity index (χ3n) is 4.58. The third kappa shape index (κ3) is 2.53. The average Bonchev–Trinajstić information content (AvgIpc) is 3.30. The van der Waals surface area contributed by atoms with E-state index in [2.05, 4.69) is 26.0 Å². The summed E-state index contributed by atoms with van der Waals surface area (Å²) in [5.74, 6) is 0.111. The number of nitrogen functional groups attached to an aromatic ring is 1. The summed E-state index contributed by atoms with van der Waals surface area (Å²) in [6.45, 7) is 0.745. The fourth-order valence-electron chi connectivity index (χ4n) is 3.31. The standard InChI is InChI=1S/C19H15N5O2S/c20-17-16-18(22-11-21-17)26-8-7-23(19(16)25)13-3-4-14-12(10-13)5-6-24(14)15-2-1-9-27-15/h1-6,9-11H,7-8H2,(H2,20,21,22). The maximum absolute atomic E-state index is 13.1. The number of ether oxygens (including phenoxy) is 1. The summed E-state index contributed by atoms with van der Waals surface area (Å²) in [5, 5.41) is 4.25. The summed E-state index contributed by atoms with van der Waals surface area (Å²) < 4.78 is 7.73. The van der Waals surface area contributed by atoms with E-state index < -0.39 is 0 Å². The molecular weight excluding hydrogens is 362 g/mol. The fourth-order valence-corrected chi connectivity index (χ4v) is 4.03. The second-order valence-electron chi connectivity index (χ2n) is 6.12.